The minimum absolute atomic E-state index is 0.336. The molecule has 0 saturated heterocycles. The highest BCUT2D eigenvalue weighted by Crippen LogP contribution is 2.34. The average molecular weight is 298 g/mol. The first-order chi connectivity index (χ1) is 10.9. The Kier molecular flexibility index (Phi) is 3.51. The molecular weight excluding hydrogens is 280 g/mol. The number of unbranched alkanes of at least 4 members (excludes halogenated alkanes) is 1. The zero-order valence-electron chi connectivity index (χ0n) is 12.3. The lowest BCUT2D eigenvalue weighted by molar-refractivity contribution is 0.173. The van der Waals surface area contributed by atoms with Crippen LogP contribution in [0.25, 0.3) is 0 Å². The van der Waals surface area contributed by atoms with E-state index in [0.29, 0.717) is 13.6 Å². The van der Waals surface area contributed by atoms with Gasteiger partial charge in [-0.3, -0.25) is 0 Å². The summed E-state index contributed by atoms with van der Waals surface area (Å²) >= 11 is 0. The zero-order chi connectivity index (χ0) is 14.8. The third kappa shape index (κ3) is 2.69. The molecule has 0 atom stereocenters. The summed E-state index contributed by atoms with van der Waals surface area (Å²) in [5.74, 6) is 3.44. The molecule has 4 nitrogen and oxygen atoms in total. The van der Waals surface area contributed by atoms with Gasteiger partial charge in [-0.15, -0.1) is 0 Å². The van der Waals surface area contributed by atoms with Gasteiger partial charge in [0.25, 0.3) is 0 Å². The predicted octanol–water partition coefficient (Wildman–Crippen LogP) is 3.71. The number of hydrogen-bond donors (Lipinski definition) is 0. The van der Waals surface area contributed by atoms with Crippen molar-refractivity contribution in [1.82, 2.24) is 0 Å². The molecule has 0 aliphatic carbocycles. The van der Waals surface area contributed by atoms with Crippen LogP contribution in [0.1, 0.15) is 24.0 Å². The first kappa shape index (κ1) is 13.3. The van der Waals surface area contributed by atoms with Crippen molar-refractivity contribution in [2.75, 3.05) is 13.6 Å². The van der Waals surface area contributed by atoms with Crippen molar-refractivity contribution in [3.63, 3.8) is 0 Å². The van der Waals surface area contributed by atoms with Crippen LogP contribution in [0.2, 0.25) is 0 Å². The highest BCUT2D eigenvalue weighted by atomic mass is 16.7. The molecule has 0 aromatic heterocycles. The molecule has 0 fully saturated rings. The van der Waals surface area contributed by atoms with Gasteiger partial charge in [0.1, 0.15) is 0 Å². The van der Waals surface area contributed by atoms with Crippen LogP contribution in [0.5, 0.6) is 23.0 Å². The van der Waals surface area contributed by atoms with E-state index in [9.17, 15) is 0 Å². The van der Waals surface area contributed by atoms with E-state index < -0.39 is 0 Å². The quantitative estimate of drug-likeness (QED) is 0.789. The van der Waals surface area contributed by atoms with Crippen molar-refractivity contribution in [2.24, 2.45) is 0 Å². The molecule has 22 heavy (non-hydrogen) atoms. The van der Waals surface area contributed by atoms with Crippen LogP contribution < -0.4 is 18.9 Å². The van der Waals surface area contributed by atoms with E-state index in [2.05, 4.69) is 24.3 Å². The summed E-state index contributed by atoms with van der Waals surface area (Å²) in [5, 5.41) is 0. The summed E-state index contributed by atoms with van der Waals surface area (Å²) in [6, 6.07) is 12.4. The molecule has 0 amide bonds. The van der Waals surface area contributed by atoms with Crippen LogP contribution in [0.15, 0.2) is 36.4 Å². The Balaban J connectivity index is 1.29. The van der Waals surface area contributed by atoms with E-state index in [4.69, 9.17) is 18.9 Å². The fourth-order valence-electron chi connectivity index (χ4n) is 2.85. The number of hydrogen-bond acceptors (Lipinski definition) is 4. The number of fused-ring (bicyclic) bond motifs is 2. The summed E-state index contributed by atoms with van der Waals surface area (Å²) in [6.45, 7) is 0.672. The lowest BCUT2D eigenvalue weighted by Crippen LogP contribution is -1.93. The summed E-state index contributed by atoms with van der Waals surface area (Å²) in [4.78, 5) is 0. The zero-order valence-corrected chi connectivity index (χ0v) is 12.3. The number of ether oxygens (including phenoxy) is 4. The highest BCUT2D eigenvalue weighted by molar-refractivity contribution is 5.45. The molecule has 0 bridgehead atoms. The molecule has 4 rings (SSSR count). The van der Waals surface area contributed by atoms with Crippen molar-refractivity contribution < 1.29 is 18.9 Å². The average Bonchev–Trinajstić information content (AvgIpc) is 3.19. The molecule has 0 unspecified atom stereocenters. The van der Waals surface area contributed by atoms with Crippen LogP contribution in [-0.4, -0.2) is 13.6 Å². The van der Waals surface area contributed by atoms with Gasteiger partial charge in [-0.25, -0.2) is 0 Å². The smallest absolute Gasteiger partial charge is 0.231 e. The molecule has 4 heteroatoms. The van der Waals surface area contributed by atoms with E-state index in [-0.39, 0.29) is 0 Å². The van der Waals surface area contributed by atoms with Crippen molar-refractivity contribution in [1.29, 1.82) is 0 Å². The maximum Gasteiger partial charge on any atom is 0.231 e. The van der Waals surface area contributed by atoms with E-state index in [0.717, 1.165) is 48.7 Å². The van der Waals surface area contributed by atoms with E-state index >= 15 is 0 Å². The standard InChI is InChI=1S/C18H18O4/c1(3-13-5-7-15-17(9-13)21-11-19-15)2-4-14-6-8-16-18(10-14)22-12-20-16/h5-10H,1-4,11-12H2. The summed E-state index contributed by atoms with van der Waals surface area (Å²) in [7, 11) is 0. The van der Waals surface area contributed by atoms with Crippen molar-refractivity contribution in [3.8, 4) is 23.0 Å². The minimum atomic E-state index is 0.336. The second kappa shape index (κ2) is 5.79. The molecule has 2 aliphatic heterocycles. The van der Waals surface area contributed by atoms with Crippen LogP contribution >= 0.6 is 0 Å². The Hall–Kier alpha value is -2.36. The fraction of sp³-hybridized carbons (Fsp3) is 0.333. The van der Waals surface area contributed by atoms with Crippen LogP contribution in [0.3, 0.4) is 0 Å². The van der Waals surface area contributed by atoms with Gasteiger partial charge in [0.15, 0.2) is 23.0 Å². The van der Waals surface area contributed by atoms with E-state index in [1.165, 1.54) is 11.1 Å². The SMILES string of the molecule is c1cc2c(cc1CCCCc1ccc3c(c1)OCO3)OCO2. The van der Waals surface area contributed by atoms with Crippen molar-refractivity contribution in [3.05, 3.63) is 47.5 Å². The van der Waals surface area contributed by atoms with Crippen LogP contribution in [0.4, 0.5) is 0 Å². The minimum Gasteiger partial charge on any atom is -0.454 e. The fourth-order valence-corrected chi connectivity index (χ4v) is 2.85. The largest absolute Gasteiger partial charge is 0.454 e. The molecule has 2 heterocycles. The maximum absolute atomic E-state index is 5.41. The first-order valence-electron chi connectivity index (χ1n) is 7.65. The second-order valence-electron chi connectivity index (χ2n) is 5.58. The monoisotopic (exact) mass is 298 g/mol. The second-order valence-corrected chi connectivity index (χ2v) is 5.58. The molecule has 0 N–H and O–H groups in total. The van der Waals surface area contributed by atoms with Crippen LogP contribution in [0, 0.1) is 0 Å². The number of aryl methyl sites for hydroxylation is 2. The molecule has 0 radical (unpaired) electrons. The lowest BCUT2D eigenvalue weighted by Gasteiger charge is -2.05. The Morgan fingerprint density at radius 3 is 1.55 bits per heavy atom. The molecule has 0 saturated carbocycles. The van der Waals surface area contributed by atoms with Crippen LogP contribution in [-0.2, 0) is 12.8 Å². The molecular formula is C18H18O4. The Morgan fingerprint density at radius 2 is 1.05 bits per heavy atom. The molecule has 0 spiro atoms. The molecule has 2 aromatic carbocycles. The van der Waals surface area contributed by atoms with Gasteiger partial charge in [0.2, 0.25) is 13.6 Å². The first-order valence-corrected chi connectivity index (χ1v) is 7.65. The number of rotatable bonds is 5. The van der Waals surface area contributed by atoms with Gasteiger partial charge < -0.3 is 18.9 Å². The Morgan fingerprint density at radius 1 is 0.591 bits per heavy atom. The molecule has 114 valence electrons. The van der Waals surface area contributed by atoms with Gasteiger partial charge in [-0.2, -0.15) is 0 Å². The number of benzene rings is 2. The van der Waals surface area contributed by atoms with E-state index in [1.807, 2.05) is 12.1 Å². The van der Waals surface area contributed by atoms with Gasteiger partial charge in [-0.05, 0) is 61.1 Å². The molecule has 2 aromatic rings. The lowest BCUT2D eigenvalue weighted by atomic mass is 10.0. The summed E-state index contributed by atoms with van der Waals surface area (Å²) in [5.41, 5.74) is 2.60. The third-order valence-electron chi connectivity index (χ3n) is 4.05. The highest BCUT2D eigenvalue weighted by Gasteiger charge is 2.14. The third-order valence-corrected chi connectivity index (χ3v) is 4.05. The van der Waals surface area contributed by atoms with Crippen molar-refractivity contribution >= 4 is 0 Å². The van der Waals surface area contributed by atoms with Gasteiger partial charge in [-0.1, -0.05) is 12.1 Å². The van der Waals surface area contributed by atoms with Gasteiger partial charge >= 0.3 is 0 Å². The van der Waals surface area contributed by atoms with Crippen molar-refractivity contribution in [2.45, 2.75) is 25.7 Å². The van der Waals surface area contributed by atoms with Gasteiger partial charge in [0, 0.05) is 0 Å². The normalized spacial score (nSPS) is 14.4. The van der Waals surface area contributed by atoms with E-state index in [1.54, 1.807) is 0 Å². The Labute approximate surface area is 129 Å². The Bertz CT molecular complexity index is 621. The van der Waals surface area contributed by atoms with Gasteiger partial charge in [0.05, 0.1) is 0 Å². The maximum atomic E-state index is 5.41. The summed E-state index contributed by atoms with van der Waals surface area (Å²) in [6.07, 6.45) is 4.41. The predicted molar refractivity (Wildman–Crippen MR) is 81.8 cm³/mol. The topological polar surface area (TPSA) is 36.9 Å². The summed E-state index contributed by atoms with van der Waals surface area (Å²) < 4.78 is 21.5. The molecule has 2 aliphatic rings.